The molecule has 0 amide bonds. The molecule has 1 aliphatic rings. The zero-order valence-electron chi connectivity index (χ0n) is 17.6. The van der Waals surface area contributed by atoms with E-state index in [-0.39, 0.29) is 5.82 Å². The number of aryl methyl sites for hydroxylation is 2. The average molecular weight is 383 g/mol. The lowest BCUT2D eigenvalue weighted by molar-refractivity contribution is 0.258. The number of unbranched alkanes of at least 4 members (excludes halogenated alkanes) is 2. The first-order valence-electron chi connectivity index (χ1n) is 11.3. The summed E-state index contributed by atoms with van der Waals surface area (Å²) in [4.78, 5) is 0. The highest BCUT2D eigenvalue weighted by Gasteiger charge is 2.19. The van der Waals surface area contributed by atoms with E-state index < -0.39 is 0 Å². The minimum absolute atomic E-state index is 0.123. The van der Waals surface area contributed by atoms with E-state index >= 15 is 0 Å². The van der Waals surface area contributed by atoms with Crippen molar-refractivity contribution in [2.45, 2.75) is 84.5 Å². The van der Waals surface area contributed by atoms with Crippen LogP contribution in [-0.2, 0) is 12.8 Å². The van der Waals surface area contributed by atoms with Gasteiger partial charge >= 0.3 is 0 Å². The maximum atomic E-state index is 14.4. The van der Waals surface area contributed by atoms with Crippen molar-refractivity contribution < 1.29 is 4.39 Å². The van der Waals surface area contributed by atoms with Gasteiger partial charge < -0.3 is 0 Å². The van der Waals surface area contributed by atoms with E-state index in [2.05, 4.69) is 30.1 Å². The van der Waals surface area contributed by atoms with Gasteiger partial charge in [-0.05, 0) is 61.3 Å². The summed E-state index contributed by atoms with van der Waals surface area (Å²) in [5.74, 6) is 1.68. The van der Waals surface area contributed by atoms with E-state index in [4.69, 9.17) is 0 Å². The number of halogens is 1. The molecule has 1 aromatic heterocycles. The molecule has 0 aliphatic heterocycles. The molecule has 152 valence electrons. The molecule has 0 unspecified atom stereocenters. The molecule has 3 rings (SSSR count). The van der Waals surface area contributed by atoms with E-state index in [1.54, 1.807) is 6.07 Å². The lowest BCUT2D eigenvalue weighted by Crippen LogP contribution is -2.14. The highest BCUT2D eigenvalue weighted by atomic mass is 19.1. The van der Waals surface area contributed by atoms with Gasteiger partial charge in [-0.2, -0.15) is 10.2 Å². The van der Waals surface area contributed by atoms with Crippen LogP contribution >= 0.6 is 0 Å². The van der Waals surface area contributed by atoms with Crippen LogP contribution in [0.1, 0.15) is 82.9 Å². The number of benzene rings is 1. The second-order valence-corrected chi connectivity index (χ2v) is 8.51. The van der Waals surface area contributed by atoms with Crippen molar-refractivity contribution in [3.05, 3.63) is 47.4 Å². The van der Waals surface area contributed by atoms with Crippen LogP contribution in [0, 0.1) is 17.7 Å². The van der Waals surface area contributed by atoms with Crippen LogP contribution in [-0.4, -0.2) is 10.2 Å². The Kier molecular flexibility index (Phi) is 8.00. The molecule has 28 heavy (non-hydrogen) atoms. The fourth-order valence-electron chi connectivity index (χ4n) is 4.40. The molecule has 0 bridgehead atoms. The smallest absolute Gasteiger partial charge is 0.127 e. The summed E-state index contributed by atoms with van der Waals surface area (Å²) < 4.78 is 14.4. The van der Waals surface area contributed by atoms with Gasteiger partial charge in [0.15, 0.2) is 0 Å². The van der Waals surface area contributed by atoms with Gasteiger partial charge in [-0.1, -0.05) is 70.9 Å². The summed E-state index contributed by atoms with van der Waals surface area (Å²) in [6.45, 7) is 4.48. The van der Waals surface area contributed by atoms with Crippen molar-refractivity contribution in [2.24, 2.45) is 11.8 Å². The predicted octanol–water partition coefficient (Wildman–Crippen LogP) is 7.16. The SMILES string of the molecule is CCCCCc1ccc(-c2ccc(CCC3CCC(CC)CC3)nn2)cc1F. The van der Waals surface area contributed by atoms with Gasteiger partial charge in [0.2, 0.25) is 0 Å². The average Bonchev–Trinajstić information content (AvgIpc) is 2.74. The summed E-state index contributed by atoms with van der Waals surface area (Å²) in [6.07, 6.45) is 13.2. The third kappa shape index (κ3) is 5.86. The molecule has 0 saturated heterocycles. The molecule has 3 heteroatoms. The standard InChI is InChI=1S/C25H35FN2/c1-3-5-6-7-21-13-14-22(18-24(21)26)25-17-16-23(27-28-25)15-12-20-10-8-19(4-2)9-11-20/h13-14,16-20H,3-12,15H2,1-2H3. The summed E-state index contributed by atoms with van der Waals surface area (Å²) in [5, 5.41) is 8.78. The number of aromatic nitrogens is 2. The van der Waals surface area contributed by atoms with Crippen LogP contribution in [0.2, 0.25) is 0 Å². The molecule has 1 saturated carbocycles. The third-order valence-electron chi connectivity index (χ3n) is 6.47. The fourth-order valence-corrected chi connectivity index (χ4v) is 4.40. The molecule has 1 fully saturated rings. The molecular weight excluding hydrogens is 347 g/mol. The van der Waals surface area contributed by atoms with E-state index in [9.17, 15) is 4.39 Å². The van der Waals surface area contributed by atoms with E-state index in [0.29, 0.717) is 0 Å². The summed E-state index contributed by atoms with van der Waals surface area (Å²) in [5.41, 5.74) is 3.43. The molecule has 0 radical (unpaired) electrons. The topological polar surface area (TPSA) is 25.8 Å². The van der Waals surface area contributed by atoms with E-state index in [0.717, 1.165) is 66.5 Å². The normalized spacial score (nSPS) is 19.7. The Morgan fingerprint density at radius 2 is 1.68 bits per heavy atom. The van der Waals surface area contributed by atoms with Gasteiger partial charge in [-0.3, -0.25) is 0 Å². The Morgan fingerprint density at radius 3 is 2.32 bits per heavy atom. The summed E-state index contributed by atoms with van der Waals surface area (Å²) in [7, 11) is 0. The zero-order valence-corrected chi connectivity index (χ0v) is 17.6. The Morgan fingerprint density at radius 1 is 0.893 bits per heavy atom. The molecule has 2 aromatic rings. The number of hydrogen-bond donors (Lipinski definition) is 0. The van der Waals surface area contributed by atoms with Gasteiger partial charge in [0.1, 0.15) is 5.82 Å². The molecule has 0 spiro atoms. The first-order valence-corrected chi connectivity index (χ1v) is 11.3. The second kappa shape index (κ2) is 10.7. The monoisotopic (exact) mass is 382 g/mol. The quantitative estimate of drug-likeness (QED) is 0.430. The van der Waals surface area contributed by atoms with Crippen LogP contribution in [0.5, 0.6) is 0 Å². The fraction of sp³-hybridized carbons (Fsp3) is 0.600. The van der Waals surface area contributed by atoms with Crippen LogP contribution in [0.15, 0.2) is 30.3 Å². The first kappa shape index (κ1) is 21.0. The maximum absolute atomic E-state index is 14.4. The lowest BCUT2D eigenvalue weighted by atomic mass is 9.79. The number of rotatable bonds is 9. The second-order valence-electron chi connectivity index (χ2n) is 8.51. The minimum atomic E-state index is -0.123. The maximum Gasteiger partial charge on any atom is 0.127 e. The molecule has 1 heterocycles. The Balaban J connectivity index is 1.53. The molecule has 1 aromatic carbocycles. The number of hydrogen-bond acceptors (Lipinski definition) is 2. The van der Waals surface area contributed by atoms with Crippen molar-refractivity contribution in [2.75, 3.05) is 0 Å². The highest BCUT2D eigenvalue weighted by molar-refractivity contribution is 5.59. The van der Waals surface area contributed by atoms with Crippen LogP contribution in [0.25, 0.3) is 11.3 Å². The molecule has 2 nitrogen and oxygen atoms in total. The predicted molar refractivity (Wildman–Crippen MR) is 115 cm³/mol. The van der Waals surface area contributed by atoms with Crippen LogP contribution < -0.4 is 0 Å². The Hall–Kier alpha value is -1.77. The van der Waals surface area contributed by atoms with E-state index in [1.165, 1.54) is 38.5 Å². The zero-order chi connectivity index (χ0) is 19.8. The molecular formula is C25H35FN2. The van der Waals surface area contributed by atoms with Gasteiger partial charge in [0.25, 0.3) is 0 Å². The summed E-state index contributed by atoms with van der Waals surface area (Å²) in [6, 6.07) is 9.54. The Bertz CT molecular complexity index is 718. The van der Waals surface area contributed by atoms with Crippen molar-refractivity contribution in [1.29, 1.82) is 0 Å². The van der Waals surface area contributed by atoms with Crippen molar-refractivity contribution in [1.82, 2.24) is 10.2 Å². The van der Waals surface area contributed by atoms with Gasteiger partial charge in [-0.15, -0.1) is 0 Å². The van der Waals surface area contributed by atoms with Gasteiger partial charge in [-0.25, -0.2) is 4.39 Å². The lowest BCUT2D eigenvalue weighted by Gasteiger charge is -2.27. The van der Waals surface area contributed by atoms with Crippen molar-refractivity contribution in [3.63, 3.8) is 0 Å². The third-order valence-corrected chi connectivity index (χ3v) is 6.47. The number of nitrogens with zero attached hydrogens (tertiary/aromatic N) is 2. The molecule has 0 atom stereocenters. The van der Waals surface area contributed by atoms with Gasteiger partial charge in [0, 0.05) is 5.56 Å². The van der Waals surface area contributed by atoms with E-state index in [1.807, 2.05) is 18.2 Å². The van der Waals surface area contributed by atoms with Gasteiger partial charge in [0.05, 0.1) is 11.4 Å². The van der Waals surface area contributed by atoms with Crippen LogP contribution in [0.4, 0.5) is 4.39 Å². The largest absolute Gasteiger partial charge is 0.207 e. The van der Waals surface area contributed by atoms with Crippen molar-refractivity contribution in [3.8, 4) is 11.3 Å². The Labute approximate surface area is 170 Å². The van der Waals surface area contributed by atoms with Crippen molar-refractivity contribution >= 4 is 0 Å². The van der Waals surface area contributed by atoms with Crippen LogP contribution in [0.3, 0.4) is 0 Å². The molecule has 0 N–H and O–H groups in total. The highest BCUT2D eigenvalue weighted by Crippen LogP contribution is 2.33. The minimum Gasteiger partial charge on any atom is -0.207 e. The summed E-state index contributed by atoms with van der Waals surface area (Å²) >= 11 is 0. The first-order chi connectivity index (χ1) is 13.7. The molecule has 1 aliphatic carbocycles.